The average Bonchev–Trinajstić information content (AvgIpc) is 3.44. The summed E-state index contributed by atoms with van der Waals surface area (Å²) >= 11 is 0. The molecule has 2 aromatic carbocycles. The van der Waals surface area contributed by atoms with Crippen molar-refractivity contribution in [1.82, 2.24) is 19.9 Å². The number of carbonyl (C=O) groups is 1. The molecule has 0 aliphatic carbocycles. The molecule has 1 atom stereocenters. The van der Waals surface area contributed by atoms with Crippen LogP contribution in [0.2, 0.25) is 0 Å². The first kappa shape index (κ1) is 30.8. The summed E-state index contributed by atoms with van der Waals surface area (Å²) in [5.74, 6) is -4.14. The molecule has 230 valence electrons. The molecule has 1 aliphatic heterocycles. The summed E-state index contributed by atoms with van der Waals surface area (Å²) in [5, 5.41) is 1.13. The van der Waals surface area contributed by atoms with Crippen LogP contribution in [0.15, 0.2) is 55.0 Å². The summed E-state index contributed by atoms with van der Waals surface area (Å²) in [4.78, 5) is 32.2. The number of unbranched alkanes of at least 4 members (excludes halogenated alkanes) is 1. The molecule has 2 aromatic heterocycles. The van der Waals surface area contributed by atoms with Gasteiger partial charge in [-0.1, -0.05) is 12.1 Å². The second-order valence-corrected chi connectivity index (χ2v) is 11.0. The number of fused-ring (bicyclic) bond motifs is 1. The molecular weight excluding hydrogens is 571 g/mol. The number of halogens is 3. The Labute approximate surface area is 253 Å². The topological polar surface area (TPSA) is 105 Å². The van der Waals surface area contributed by atoms with Crippen LogP contribution in [0.4, 0.5) is 24.8 Å². The Morgan fingerprint density at radius 1 is 1.11 bits per heavy atom. The van der Waals surface area contributed by atoms with Crippen molar-refractivity contribution >= 4 is 28.4 Å². The minimum Gasteiger partial charge on any atom is -0.486 e. The van der Waals surface area contributed by atoms with Gasteiger partial charge in [0.25, 0.3) is 5.91 Å². The molecule has 1 saturated heterocycles. The van der Waals surface area contributed by atoms with E-state index in [0.717, 1.165) is 69.8 Å². The molecule has 0 radical (unpaired) electrons. The summed E-state index contributed by atoms with van der Waals surface area (Å²) in [6, 6.07) is 10.1. The summed E-state index contributed by atoms with van der Waals surface area (Å²) < 4.78 is 45.9. The minimum atomic E-state index is -3.72. The number of nitrogens with two attached hydrogens (primary N) is 1. The number of primary amides is 1. The van der Waals surface area contributed by atoms with Gasteiger partial charge in [0.05, 0.1) is 12.1 Å². The Kier molecular flexibility index (Phi) is 9.35. The molecule has 0 spiro atoms. The molecule has 3 heterocycles. The largest absolute Gasteiger partial charge is 0.486 e. The predicted octanol–water partition coefficient (Wildman–Crippen LogP) is 5.79. The first-order chi connectivity index (χ1) is 21.1. The SMILES string of the molecule is [C-]#[N+]c1ccc2[nH]cc(CCCCN3CCN(c4ncc(-c5ccc(C(N)=O)c(OCC(F)(F)C(C)F)c5)cn4)CC3)c2c1. The van der Waals surface area contributed by atoms with Crippen LogP contribution >= 0.6 is 0 Å². The van der Waals surface area contributed by atoms with Crippen molar-refractivity contribution in [2.75, 3.05) is 44.2 Å². The zero-order valence-corrected chi connectivity index (χ0v) is 24.4. The lowest BCUT2D eigenvalue weighted by molar-refractivity contribution is -0.0941. The standard InChI is InChI=1S/C32H34F3N7O2/c1-21(33)32(34,35)20-44-29-15-22(6-8-26(29)30(36)43)24-18-39-31(40-19-24)42-13-11-41(12-14-42)10-4-3-5-23-17-38-28-9-7-25(37-2)16-27(23)28/h6-9,15-19,21,38H,3-5,10-14,20H2,1H3,(H2,36,43). The highest BCUT2D eigenvalue weighted by molar-refractivity contribution is 5.96. The second-order valence-electron chi connectivity index (χ2n) is 11.0. The third-order valence-corrected chi connectivity index (χ3v) is 7.93. The van der Waals surface area contributed by atoms with E-state index in [4.69, 9.17) is 17.0 Å². The van der Waals surface area contributed by atoms with E-state index in [9.17, 15) is 18.0 Å². The summed E-state index contributed by atoms with van der Waals surface area (Å²) in [7, 11) is 0. The number of H-pyrrole nitrogens is 1. The van der Waals surface area contributed by atoms with Gasteiger partial charge in [0.15, 0.2) is 18.5 Å². The van der Waals surface area contributed by atoms with Gasteiger partial charge in [-0.05, 0) is 73.5 Å². The molecule has 1 unspecified atom stereocenters. The lowest BCUT2D eigenvalue weighted by atomic mass is 10.1. The van der Waals surface area contributed by atoms with Crippen LogP contribution in [0.25, 0.3) is 26.9 Å². The van der Waals surface area contributed by atoms with Crippen molar-refractivity contribution in [2.45, 2.75) is 38.3 Å². The molecule has 0 saturated carbocycles. The highest BCUT2D eigenvalue weighted by atomic mass is 19.3. The Bertz CT molecular complexity index is 1640. The first-order valence-corrected chi connectivity index (χ1v) is 14.5. The van der Waals surface area contributed by atoms with E-state index in [-0.39, 0.29) is 11.3 Å². The maximum absolute atomic E-state index is 13.8. The van der Waals surface area contributed by atoms with E-state index in [1.54, 1.807) is 18.5 Å². The van der Waals surface area contributed by atoms with Gasteiger partial charge in [0.1, 0.15) is 5.75 Å². The number of aromatic amines is 1. The summed E-state index contributed by atoms with van der Waals surface area (Å²) in [6.07, 6.45) is 5.98. The van der Waals surface area contributed by atoms with Crippen molar-refractivity contribution in [2.24, 2.45) is 5.73 Å². The number of anilines is 1. The number of hydrogen-bond acceptors (Lipinski definition) is 6. The lowest BCUT2D eigenvalue weighted by Gasteiger charge is -2.34. The first-order valence-electron chi connectivity index (χ1n) is 14.5. The molecule has 9 nitrogen and oxygen atoms in total. The third-order valence-electron chi connectivity index (χ3n) is 7.93. The van der Waals surface area contributed by atoms with Gasteiger partial charge < -0.3 is 20.4 Å². The highest BCUT2D eigenvalue weighted by Crippen LogP contribution is 2.30. The molecule has 1 fully saturated rings. The molecule has 3 N–H and O–H groups in total. The number of carbonyl (C=O) groups excluding carboxylic acids is 1. The Morgan fingerprint density at radius 3 is 2.55 bits per heavy atom. The van der Waals surface area contributed by atoms with Crippen LogP contribution in [0.5, 0.6) is 5.75 Å². The number of aromatic nitrogens is 3. The minimum absolute atomic E-state index is 0.0837. The number of alkyl halides is 3. The molecule has 4 aromatic rings. The van der Waals surface area contributed by atoms with Crippen molar-refractivity contribution in [1.29, 1.82) is 0 Å². The smallest absolute Gasteiger partial charge is 0.311 e. The third kappa shape index (κ3) is 7.11. The summed E-state index contributed by atoms with van der Waals surface area (Å²) in [6.45, 7) is 11.1. The number of piperazine rings is 1. The van der Waals surface area contributed by atoms with Crippen LogP contribution in [0.1, 0.15) is 35.7 Å². The van der Waals surface area contributed by atoms with Gasteiger partial charge in [-0.15, -0.1) is 0 Å². The number of nitrogens with zero attached hydrogens (tertiary/aromatic N) is 5. The number of amides is 1. The van der Waals surface area contributed by atoms with Crippen LogP contribution < -0.4 is 15.4 Å². The van der Waals surface area contributed by atoms with Crippen LogP contribution in [0, 0.1) is 6.57 Å². The van der Waals surface area contributed by atoms with E-state index in [1.165, 1.54) is 17.7 Å². The van der Waals surface area contributed by atoms with Crippen LogP contribution in [-0.4, -0.2) is 77.2 Å². The van der Waals surface area contributed by atoms with E-state index < -0.39 is 24.6 Å². The van der Waals surface area contributed by atoms with Gasteiger partial charge in [-0.25, -0.2) is 19.2 Å². The van der Waals surface area contributed by atoms with Crippen LogP contribution in [-0.2, 0) is 6.42 Å². The number of nitrogens with one attached hydrogen (secondary N) is 1. The Hall–Kier alpha value is -4.63. The van der Waals surface area contributed by atoms with E-state index in [2.05, 4.69) is 29.6 Å². The van der Waals surface area contributed by atoms with Crippen molar-refractivity contribution in [3.8, 4) is 16.9 Å². The fraction of sp³-hybridized carbons (Fsp3) is 0.375. The van der Waals surface area contributed by atoms with E-state index in [0.29, 0.717) is 22.8 Å². The van der Waals surface area contributed by atoms with Crippen molar-refractivity contribution in [3.05, 3.63) is 77.5 Å². The van der Waals surface area contributed by atoms with E-state index in [1.807, 2.05) is 24.4 Å². The van der Waals surface area contributed by atoms with Gasteiger partial charge in [0, 0.05) is 55.8 Å². The van der Waals surface area contributed by atoms with Crippen molar-refractivity contribution in [3.63, 3.8) is 0 Å². The zero-order valence-electron chi connectivity index (χ0n) is 24.4. The number of hydrogen-bond donors (Lipinski definition) is 2. The maximum Gasteiger partial charge on any atom is 0.311 e. The predicted molar refractivity (Wildman–Crippen MR) is 163 cm³/mol. The second kappa shape index (κ2) is 13.3. The summed E-state index contributed by atoms with van der Waals surface area (Å²) in [5.41, 5.74) is 9.39. The molecular formula is C32H34F3N7O2. The number of benzene rings is 2. The quantitative estimate of drug-likeness (QED) is 0.157. The molecule has 1 amide bonds. The molecule has 12 heteroatoms. The van der Waals surface area contributed by atoms with Crippen LogP contribution in [0.3, 0.4) is 0 Å². The normalized spacial score (nSPS) is 14.8. The number of rotatable bonds is 12. The fourth-order valence-corrected chi connectivity index (χ4v) is 5.21. The zero-order chi connectivity index (χ0) is 31.3. The number of aryl methyl sites for hydroxylation is 1. The van der Waals surface area contributed by atoms with E-state index >= 15 is 0 Å². The monoisotopic (exact) mass is 605 g/mol. The van der Waals surface area contributed by atoms with Gasteiger partial charge in [0.2, 0.25) is 5.95 Å². The van der Waals surface area contributed by atoms with Gasteiger partial charge in [-0.2, -0.15) is 8.78 Å². The lowest BCUT2D eigenvalue weighted by Crippen LogP contribution is -2.47. The maximum atomic E-state index is 13.8. The molecule has 1 aliphatic rings. The molecule has 44 heavy (non-hydrogen) atoms. The highest BCUT2D eigenvalue weighted by Gasteiger charge is 2.38. The fourth-order valence-electron chi connectivity index (χ4n) is 5.21. The Morgan fingerprint density at radius 2 is 1.86 bits per heavy atom. The number of ether oxygens (including phenoxy) is 1. The van der Waals surface area contributed by atoms with Gasteiger partial charge >= 0.3 is 5.92 Å². The molecule has 0 bridgehead atoms. The average molecular weight is 606 g/mol. The Balaban J connectivity index is 1.12. The van der Waals surface area contributed by atoms with Crippen molar-refractivity contribution < 1.29 is 22.7 Å². The van der Waals surface area contributed by atoms with Gasteiger partial charge in [-0.3, -0.25) is 9.69 Å². The molecule has 5 rings (SSSR count).